The Morgan fingerprint density at radius 2 is 2.00 bits per heavy atom. The highest BCUT2D eigenvalue weighted by Gasteiger charge is 2.34. The van der Waals surface area contributed by atoms with Crippen molar-refractivity contribution in [2.45, 2.75) is 33.2 Å². The zero-order valence-corrected chi connectivity index (χ0v) is 17.7. The molecule has 4 rings (SSSR count). The number of benzene rings is 2. The van der Waals surface area contributed by atoms with E-state index in [0.717, 1.165) is 29.0 Å². The summed E-state index contributed by atoms with van der Waals surface area (Å²) in [5, 5.41) is 0. The average molecular weight is 402 g/mol. The Kier molecular flexibility index (Phi) is 5.58. The molecule has 1 aliphatic carbocycles. The molecule has 0 N–H and O–H groups in total. The molecule has 2 unspecified atom stereocenters. The Balaban J connectivity index is 1.50. The van der Waals surface area contributed by atoms with Gasteiger partial charge in [-0.15, -0.1) is 0 Å². The highest BCUT2D eigenvalue weighted by Crippen LogP contribution is 2.36. The van der Waals surface area contributed by atoms with Crippen molar-refractivity contribution >= 4 is 11.6 Å². The zero-order chi connectivity index (χ0) is 21.3. The van der Waals surface area contributed by atoms with E-state index >= 15 is 0 Å². The third kappa shape index (κ3) is 3.95. The van der Waals surface area contributed by atoms with Crippen molar-refractivity contribution in [2.75, 3.05) is 7.11 Å². The van der Waals surface area contributed by atoms with Crippen LogP contribution in [0.15, 0.2) is 66.5 Å². The van der Waals surface area contributed by atoms with Gasteiger partial charge in [-0.25, -0.2) is 0 Å². The lowest BCUT2D eigenvalue weighted by atomic mass is 9.84. The molecule has 2 aromatic rings. The summed E-state index contributed by atoms with van der Waals surface area (Å²) in [6.07, 6.45) is 7.42. The van der Waals surface area contributed by atoms with Crippen molar-refractivity contribution < 1.29 is 14.3 Å². The normalized spacial score (nSPS) is 20.2. The van der Waals surface area contributed by atoms with E-state index in [1.54, 1.807) is 14.0 Å². The van der Waals surface area contributed by atoms with Crippen LogP contribution in [0.1, 0.15) is 40.4 Å². The lowest BCUT2D eigenvalue weighted by Gasteiger charge is -2.27. The smallest absolute Gasteiger partial charge is 0.166 e. The van der Waals surface area contributed by atoms with Crippen molar-refractivity contribution in [1.82, 2.24) is 4.90 Å². The lowest BCUT2D eigenvalue weighted by molar-refractivity contribution is -0.114. The molecule has 4 nitrogen and oxygen atoms in total. The third-order valence-electron chi connectivity index (χ3n) is 6.19. The molecule has 0 saturated carbocycles. The first-order valence-electron chi connectivity index (χ1n) is 10.4. The van der Waals surface area contributed by atoms with Crippen LogP contribution in [0.3, 0.4) is 0 Å². The summed E-state index contributed by atoms with van der Waals surface area (Å²) in [5.41, 5.74) is 5.06. The minimum Gasteiger partial charge on any atom is -0.497 e. The van der Waals surface area contributed by atoms with Gasteiger partial charge in [0.25, 0.3) is 0 Å². The second-order valence-corrected chi connectivity index (χ2v) is 8.21. The Hall–Kier alpha value is -3.14. The SMILES string of the molecule is COc1ccc2c(c1)CC(CC1C=CN(Cc3ccccc3C)C=C1C(C)=O)C2=O. The predicted octanol–water partition coefficient (Wildman–Crippen LogP) is 4.87. The highest BCUT2D eigenvalue weighted by molar-refractivity contribution is 6.02. The minimum absolute atomic E-state index is 0.0409. The number of carbonyl (C=O) groups excluding carboxylic acids is 2. The Morgan fingerprint density at radius 3 is 2.73 bits per heavy atom. The number of allylic oxidation sites excluding steroid dienone is 2. The molecule has 154 valence electrons. The van der Waals surface area contributed by atoms with Gasteiger partial charge in [-0.05, 0) is 61.6 Å². The van der Waals surface area contributed by atoms with Gasteiger partial charge < -0.3 is 9.64 Å². The molecule has 0 amide bonds. The van der Waals surface area contributed by atoms with Gasteiger partial charge in [0, 0.05) is 41.9 Å². The van der Waals surface area contributed by atoms with Crippen molar-refractivity contribution in [3.63, 3.8) is 0 Å². The van der Waals surface area contributed by atoms with Crippen molar-refractivity contribution in [3.8, 4) is 5.75 Å². The van der Waals surface area contributed by atoms with E-state index in [1.165, 1.54) is 11.1 Å². The number of aryl methyl sites for hydroxylation is 1. The molecule has 2 aliphatic rings. The van der Waals surface area contributed by atoms with E-state index in [2.05, 4.69) is 30.0 Å². The number of carbonyl (C=O) groups is 2. The molecular formula is C26H27NO3. The van der Waals surface area contributed by atoms with Crippen molar-refractivity contribution in [3.05, 3.63) is 88.8 Å². The molecule has 2 atom stereocenters. The maximum absolute atomic E-state index is 12.9. The van der Waals surface area contributed by atoms with E-state index < -0.39 is 0 Å². The number of hydrogen-bond acceptors (Lipinski definition) is 4. The van der Waals surface area contributed by atoms with E-state index in [-0.39, 0.29) is 23.4 Å². The second-order valence-electron chi connectivity index (χ2n) is 8.21. The summed E-state index contributed by atoms with van der Waals surface area (Å²) >= 11 is 0. The minimum atomic E-state index is -0.104. The van der Waals surface area contributed by atoms with Crippen LogP contribution in [-0.4, -0.2) is 23.6 Å². The third-order valence-corrected chi connectivity index (χ3v) is 6.19. The van der Waals surface area contributed by atoms with Crippen molar-refractivity contribution in [1.29, 1.82) is 0 Å². The van der Waals surface area contributed by atoms with Crippen LogP contribution in [0.2, 0.25) is 0 Å². The molecule has 30 heavy (non-hydrogen) atoms. The predicted molar refractivity (Wildman–Crippen MR) is 117 cm³/mol. The van der Waals surface area contributed by atoms with Gasteiger partial charge in [0.05, 0.1) is 7.11 Å². The van der Waals surface area contributed by atoms with Gasteiger partial charge in [0.1, 0.15) is 5.75 Å². The number of ketones is 2. The molecule has 0 saturated heterocycles. The number of methoxy groups -OCH3 is 1. The second kappa shape index (κ2) is 8.31. The zero-order valence-electron chi connectivity index (χ0n) is 17.7. The van der Waals surface area contributed by atoms with Gasteiger partial charge in [-0.3, -0.25) is 9.59 Å². The summed E-state index contributed by atoms with van der Waals surface area (Å²) in [5.74, 6) is 0.860. The van der Waals surface area contributed by atoms with E-state index in [1.807, 2.05) is 42.7 Å². The highest BCUT2D eigenvalue weighted by atomic mass is 16.5. The van der Waals surface area contributed by atoms with Crippen LogP contribution in [0.5, 0.6) is 5.75 Å². The maximum atomic E-state index is 12.9. The lowest BCUT2D eigenvalue weighted by Crippen LogP contribution is -2.24. The number of fused-ring (bicyclic) bond motifs is 1. The Bertz CT molecular complexity index is 1050. The molecule has 0 radical (unpaired) electrons. The van der Waals surface area contributed by atoms with Crippen LogP contribution < -0.4 is 4.74 Å². The number of ether oxygens (including phenoxy) is 1. The fraction of sp³-hybridized carbons (Fsp3) is 0.308. The molecule has 1 heterocycles. The van der Waals surface area contributed by atoms with Gasteiger partial charge in [-0.1, -0.05) is 30.3 Å². The molecule has 0 spiro atoms. The summed E-state index contributed by atoms with van der Waals surface area (Å²) < 4.78 is 5.30. The molecule has 0 aromatic heterocycles. The molecule has 1 aliphatic heterocycles. The van der Waals surface area contributed by atoms with Crippen LogP contribution >= 0.6 is 0 Å². The fourth-order valence-corrected chi connectivity index (χ4v) is 4.46. The van der Waals surface area contributed by atoms with Gasteiger partial charge >= 0.3 is 0 Å². The molecular weight excluding hydrogens is 374 g/mol. The summed E-state index contributed by atoms with van der Waals surface area (Å²) in [6.45, 7) is 4.43. The maximum Gasteiger partial charge on any atom is 0.166 e. The standard InChI is InChI=1S/C26H27NO3/c1-17-6-4-5-7-20(17)15-27-11-10-19(25(16-27)18(2)28)12-22-13-21-14-23(30-3)8-9-24(21)26(22)29/h4-11,14,16,19,22H,12-13,15H2,1-3H3. The first kappa shape index (κ1) is 20.1. The van der Waals surface area contributed by atoms with E-state index in [0.29, 0.717) is 12.8 Å². The van der Waals surface area contributed by atoms with Gasteiger partial charge in [-0.2, -0.15) is 0 Å². The van der Waals surface area contributed by atoms with Gasteiger partial charge in [0.2, 0.25) is 0 Å². The average Bonchev–Trinajstić information content (AvgIpc) is 3.05. The molecule has 4 heteroatoms. The van der Waals surface area contributed by atoms with Crippen molar-refractivity contribution in [2.24, 2.45) is 11.8 Å². The fourth-order valence-electron chi connectivity index (χ4n) is 4.46. The Labute approximate surface area is 177 Å². The van der Waals surface area contributed by atoms with Gasteiger partial charge in [0.15, 0.2) is 11.6 Å². The molecule has 0 bridgehead atoms. The summed E-state index contributed by atoms with van der Waals surface area (Å²) in [7, 11) is 1.63. The summed E-state index contributed by atoms with van der Waals surface area (Å²) in [6, 6.07) is 13.9. The Morgan fingerprint density at radius 1 is 1.20 bits per heavy atom. The number of hydrogen-bond donors (Lipinski definition) is 0. The first-order chi connectivity index (χ1) is 14.5. The van der Waals surface area contributed by atoms with Crippen LogP contribution in [0, 0.1) is 18.8 Å². The number of rotatable bonds is 6. The number of Topliss-reactive ketones (excluding diaryl/α,β-unsaturated/α-hetero) is 2. The number of nitrogens with zero attached hydrogens (tertiary/aromatic N) is 1. The van der Waals surface area contributed by atoms with Crippen LogP contribution in [-0.2, 0) is 17.8 Å². The first-order valence-corrected chi connectivity index (χ1v) is 10.4. The van der Waals surface area contributed by atoms with E-state index in [9.17, 15) is 9.59 Å². The van der Waals surface area contributed by atoms with Crippen LogP contribution in [0.4, 0.5) is 0 Å². The van der Waals surface area contributed by atoms with E-state index in [4.69, 9.17) is 4.74 Å². The molecule has 0 fully saturated rings. The monoisotopic (exact) mass is 401 g/mol. The van der Waals surface area contributed by atoms with Crippen LogP contribution in [0.25, 0.3) is 0 Å². The molecule has 2 aromatic carbocycles. The topological polar surface area (TPSA) is 46.6 Å². The quantitative estimate of drug-likeness (QED) is 0.693. The summed E-state index contributed by atoms with van der Waals surface area (Å²) in [4.78, 5) is 27.4. The largest absolute Gasteiger partial charge is 0.497 e.